The van der Waals surface area contributed by atoms with Crippen LogP contribution in [0.15, 0.2) is 54.7 Å². The molecule has 0 radical (unpaired) electrons. The molecule has 2 aromatic carbocycles. The molecule has 1 N–H and O–H groups in total. The van der Waals surface area contributed by atoms with Gasteiger partial charge in [-0.2, -0.15) is 0 Å². The maximum absolute atomic E-state index is 13.0. The highest BCUT2D eigenvalue weighted by atomic mass is 32.1. The molecular formula is C34H37N3O7S. The molecule has 0 unspecified atom stereocenters. The highest BCUT2D eigenvalue weighted by Crippen LogP contribution is 2.40. The molecule has 1 aliphatic carbocycles. The molecule has 6 rings (SSSR count). The number of aryl methyl sites for hydroxylation is 1. The zero-order valence-corrected chi connectivity index (χ0v) is 26.2. The molecule has 1 aromatic heterocycles. The molecule has 3 heterocycles. The second-order valence-corrected chi connectivity index (χ2v) is 13.3. The van der Waals surface area contributed by atoms with Crippen molar-refractivity contribution in [3.63, 3.8) is 0 Å². The number of hydrogen-bond donors (Lipinski definition) is 1. The Morgan fingerprint density at radius 1 is 1.07 bits per heavy atom. The average Bonchev–Trinajstić information content (AvgIpc) is 3.66. The Morgan fingerprint density at radius 3 is 2.47 bits per heavy atom. The Labute approximate surface area is 266 Å². The summed E-state index contributed by atoms with van der Waals surface area (Å²) in [6.45, 7) is 4.78. The van der Waals surface area contributed by atoms with Gasteiger partial charge in [0.1, 0.15) is 24.6 Å². The van der Waals surface area contributed by atoms with Crippen LogP contribution in [-0.4, -0.2) is 65.5 Å². The largest absolute Gasteiger partial charge is 0.484 e. The Bertz CT molecular complexity index is 1550. The van der Waals surface area contributed by atoms with E-state index < -0.39 is 24.1 Å². The van der Waals surface area contributed by atoms with Crippen molar-refractivity contribution >= 4 is 35.1 Å². The van der Waals surface area contributed by atoms with Gasteiger partial charge in [-0.1, -0.05) is 24.3 Å². The molecule has 2 amide bonds. The van der Waals surface area contributed by atoms with Crippen LogP contribution in [0.2, 0.25) is 0 Å². The van der Waals surface area contributed by atoms with Crippen LogP contribution in [0.25, 0.3) is 0 Å². The first-order valence-corrected chi connectivity index (χ1v) is 16.3. The van der Waals surface area contributed by atoms with Crippen LogP contribution in [-0.2, 0) is 19.1 Å². The monoisotopic (exact) mass is 631 g/mol. The Balaban J connectivity index is 1.10. The predicted octanol–water partition coefficient (Wildman–Crippen LogP) is 4.98. The van der Waals surface area contributed by atoms with Crippen molar-refractivity contribution in [2.45, 2.75) is 70.1 Å². The van der Waals surface area contributed by atoms with Gasteiger partial charge in [-0.25, -0.2) is 9.78 Å². The number of carbonyl (C=O) groups is 4. The first kappa shape index (κ1) is 30.8. The predicted molar refractivity (Wildman–Crippen MR) is 166 cm³/mol. The second kappa shape index (κ2) is 13.4. The van der Waals surface area contributed by atoms with Crippen LogP contribution in [0.1, 0.15) is 87.2 Å². The first-order valence-electron chi connectivity index (χ1n) is 15.5. The lowest BCUT2D eigenvalue weighted by Gasteiger charge is -2.33. The molecule has 0 spiro atoms. The van der Waals surface area contributed by atoms with Gasteiger partial charge in [0.25, 0.3) is 5.91 Å². The Hall–Kier alpha value is -4.25. The van der Waals surface area contributed by atoms with Crippen LogP contribution in [0, 0.1) is 12.8 Å². The maximum Gasteiger partial charge on any atom is 0.338 e. The SMILES string of the molecule is Cc1cnc(C(=O)N[C@@H](C)[C@H](Oc2ccc(C(=O)O[C@H]3CCCN(C(=O)[C@H]4COC(=O)C4)C3)cc2)c2ccc(C3CC3)cc2)s1. The fraction of sp³-hybridized carbons (Fsp3) is 0.441. The van der Waals surface area contributed by atoms with Crippen molar-refractivity contribution in [1.29, 1.82) is 0 Å². The van der Waals surface area contributed by atoms with E-state index in [1.165, 1.54) is 29.7 Å². The van der Waals surface area contributed by atoms with Crippen LogP contribution in [0.4, 0.5) is 0 Å². The van der Waals surface area contributed by atoms with E-state index in [2.05, 4.69) is 34.6 Å². The van der Waals surface area contributed by atoms with Crippen molar-refractivity contribution in [2.75, 3.05) is 19.7 Å². The van der Waals surface area contributed by atoms with Gasteiger partial charge < -0.3 is 24.4 Å². The minimum atomic E-state index is -0.493. The number of piperidine rings is 1. The number of nitrogens with one attached hydrogen (secondary N) is 1. The molecule has 2 saturated heterocycles. The number of carbonyl (C=O) groups excluding carboxylic acids is 4. The molecule has 1 saturated carbocycles. The number of likely N-dealkylation sites (tertiary alicyclic amines) is 1. The molecule has 2 aliphatic heterocycles. The van der Waals surface area contributed by atoms with E-state index in [4.69, 9.17) is 14.2 Å². The minimum Gasteiger partial charge on any atom is -0.484 e. The van der Waals surface area contributed by atoms with Gasteiger partial charge >= 0.3 is 11.9 Å². The standard InChI is InChI=1S/C34H37N3O7S/c1-20-17-35-32(45-20)31(39)36-21(2)30(24-9-7-23(8-10-24)22-5-6-22)43-27-13-11-25(12-14-27)34(41)44-28-4-3-15-37(18-28)33(40)26-16-29(38)42-19-26/h7-14,17,21-22,26,28,30H,3-6,15-16,18-19H2,1-2H3,(H,36,39)/t21-,26+,28-,30-/m0/s1. The number of thiazole rings is 1. The van der Waals surface area contributed by atoms with E-state index >= 15 is 0 Å². The summed E-state index contributed by atoms with van der Waals surface area (Å²) < 4.78 is 17.2. The average molecular weight is 632 g/mol. The molecule has 3 aromatic rings. The number of ether oxygens (including phenoxy) is 3. The Kier molecular flexibility index (Phi) is 9.16. The highest BCUT2D eigenvalue weighted by molar-refractivity contribution is 7.13. The lowest BCUT2D eigenvalue weighted by atomic mass is 10.00. The number of nitrogens with zero attached hydrogens (tertiary/aromatic N) is 2. The van der Waals surface area contributed by atoms with Crippen LogP contribution in [0.3, 0.4) is 0 Å². The summed E-state index contributed by atoms with van der Waals surface area (Å²) in [6.07, 6.45) is 4.63. The maximum atomic E-state index is 13.0. The summed E-state index contributed by atoms with van der Waals surface area (Å²) >= 11 is 1.34. The number of cyclic esters (lactones) is 1. The molecular weight excluding hydrogens is 594 g/mol. The summed E-state index contributed by atoms with van der Waals surface area (Å²) in [5, 5.41) is 3.44. The van der Waals surface area contributed by atoms with E-state index in [1.807, 2.05) is 13.8 Å². The van der Waals surface area contributed by atoms with Gasteiger partial charge in [0, 0.05) is 17.6 Å². The van der Waals surface area contributed by atoms with Gasteiger partial charge in [-0.05, 0) is 80.8 Å². The van der Waals surface area contributed by atoms with Crippen molar-refractivity contribution in [1.82, 2.24) is 15.2 Å². The Morgan fingerprint density at radius 2 is 1.82 bits per heavy atom. The molecule has 0 bridgehead atoms. The van der Waals surface area contributed by atoms with Crippen LogP contribution < -0.4 is 10.1 Å². The molecule has 236 valence electrons. The topological polar surface area (TPSA) is 124 Å². The van der Waals surface area contributed by atoms with Crippen LogP contribution in [0.5, 0.6) is 5.75 Å². The number of rotatable bonds is 10. The third-order valence-electron chi connectivity index (χ3n) is 8.47. The van der Waals surface area contributed by atoms with Gasteiger partial charge in [0.05, 0.1) is 30.5 Å². The number of amides is 2. The first-order chi connectivity index (χ1) is 21.7. The highest BCUT2D eigenvalue weighted by Gasteiger charge is 2.36. The van der Waals surface area contributed by atoms with E-state index in [-0.39, 0.29) is 36.9 Å². The van der Waals surface area contributed by atoms with E-state index in [0.29, 0.717) is 48.2 Å². The number of esters is 2. The molecule has 11 heteroatoms. The van der Waals surface area contributed by atoms with Crippen molar-refractivity contribution < 1.29 is 33.4 Å². The smallest absolute Gasteiger partial charge is 0.338 e. The van der Waals surface area contributed by atoms with E-state index in [0.717, 1.165) is 10.4 Å². The van der Waals surface area contributed by atoms with E-state index in [1.54, 1.807) is 35.4 Å². The molecule has 3 fully saturated rings. The summed E-state index contributed by atoms with van der Waals surface area (Å²) in [7, 11) is 0. The number of hydrogen-bond acceptors (Lipinski definition) is 9. The van der Waals surface area contributed by atoms with Crippen LogP contribution >= 0.6 is 11.3 Å². The third-order valence-corrected chi connectivity index (χ3v) is 9.38. The molecule has 10 nitrogen and oxygen atoms in total. The summed E-state index contributed by atoms with van der Waals surface area (Å²) in [5.41, 5.74) is 2.60. The number of aromatic nitrogens is 1. The van der Waals surface area contributed by atoms with Gasteiger partial charge in [-0.15, -0.1) is 11.3 Å². The zero-order valence-electron chi connectivity index (χ0n) is 25.4. The zero-order chi connectivity index (χ0) is 31.5. The quantitative estimate of drug-likeness (QED) is 0.311. The third kappa shape index (κ3) is 7.53. The fourth-order valence-corrected chi connectivity index (χ4v) is 6.50. The van der Waals surface area contributed by atoms with Crippen molar-refractivity contribution in [3.8, 4) is 5.75 Å². The van der Waals surface area contributed by atoms with Gasteiger partial charge in [-0.3, -0.25) is 14.4 Å². The second-order valence-electron chi connectivity index (χ2n) is 12.1. The summed E-state index contributed by atoms with van der Waals surface area (Å²) in [4.78, 5) is 57.0. The lowest BCUT2D eigenvalue weighted by Crippen LogP contribution is -2.46. The lowest BCUT2D eigenvalue weighted by molar-refractivity contribution is -0.139. The van der Waals surface area contributed by atoms with Crippen molar-refractivity contribution in [2.24, 2.45) is 5.92 Å². The van der Waals surface area contributed by atoms with Gasteiger partial charge in [0.2, 0.25) is 5.91 Å². The summed E-state index contributed by atoms with van der Waals surface area (Å²) in [6, 6.07) is 14.7. The summed E-state index contributed by atoms with van der Waals surface area (Å²) in [5.74, 6) is -0.526. The van der Waals surface area contributed by atoms with Crippen molar-refractivity contribution in [3.05, 3.63) is 81.3 Å². The van der Waals surface area contributed by atoms with E-state index in [9.17, 15) is 19.2 Å². The van der Waals surface area contributed by atoms with Gasteiger partial charge in [0.15, 0.2) is 5.01 Å². The molecule has 45 heavy (non-hydrogen) atoms. The minimum absolute atomic E-state index is 0.0948. The molecule has 3 aliphatic rings. The fourth-order valence-electron chi connectivity index (χ4n) is 5.84. The number of benzene rings is 2. The normalized spacial score (nSPS) is 21.0. The molecule has 4 atom stereocenters.